The number of carbonyl (C=O) groups excluding carboxylic acids is 1. The van der Waals surface area contributed by atoms with Gasteiger partial charge in [0.2, 0.25) is 16.9 Å². The summed E-state index contributed by atoms with van der Waals surface area (Å²) in [7, 11) is 1.66. The monoisotopic (exact) mass is 421 g/mol. The molecule has 1 saturated heterocycles. The average molecular weight is 421 g/mol. The number of aromatic nitrogens is 3. The number of ether oxygens (including phenoxy) is 3. The maximum atomic E-state index is 14.2. The van der Waals surface area contributed by atoms with Gasteiger partial charge in [-0.3, -0.25) is 4.79 Å². The molecule has 1 amide bonds. The second-order valence-electron chi connectivity index (χ2n) is 7.67. The van der Waals surface area contributed by atoms with Gasteiger partial charge in [0, 0.05) is 20.2 Å². The number of anilines is 2. The van der Waals surface area contributed by atoms with E-state index in [-0.39, 0.29) is 21.7 Å². The Morgan fingerprint density at radius 3 is 2.62 bits per heavy atom. The Morgan fingerprint density at radius 2 is 1.97 bits per heavy atom. The summed E-state index contributed by atoms with van der Waals surface area (Å²) >= 11 is 0.934. The average Bonchev–Trinajstić information content (AvgIpc) is 3.00. The minimum Gasteiger partial charge on any atom is -0.438 e. The van der Waals surface area contributed by atoms with Gasteiger partial charge in [0.15, 0.2) is 10.9 Å². The lowest BCUT2D eigenvalue weighted by atomic mass is 9.41. The van der Waals surface area contributed by atoms with E-state index in [4.69, 9.17) is 14.2 Å². The molecule has 154 valence electrons. The van der Waals surface area contributed by atoms with Crippen molar-refractivity contribution in [1.29, 1.82) is 0 Å². The summed E-state index contributed by atoms with van der Waals surface area (Å²) in [5.74, 6) is -0.0573. The van der Waals surface area contributed by atoms with Crippen LogP contribution in [-0.2, 0) is 14.3 Å². The van der Waals surface area contributed by atoms with E-state index in [1.54, 1.807) is 7.11 Å². The van der Waals surface area contributed by atoms with Crippen molar-refractivity contribution >= 4 is 28.3 Å². The van der Waals surface area contributed by atoms with Gasteiger partial charge in [-0.2, -0.15) is 9.37 Å². The Morgan fingerprint density at radius 1 is 1.28 bits per heavy atom. The highest BCUT2D eigenvalue weighted by Crippen LogP contribution is 2.69. The normalized spacial score (nSPS) is 27.7. The van der Waals surface area contributed by atoms with Gasteiger partial charge < -0.3 is 24.4 Å². The van der Waals surface area contributed by atoms with Gasteiger partial charge in [0.05, 0.1) is 36.6 Å². The van der Waals surface area contributed by atoms with Crippen LogP contribution in [-0.4, -0.2) is 59.9 Å². The predicted octanol–water partition coefficient (Wildman–Crippen LogP) is 2.21. The molecule has 3 aliphatic carbocycles. The molecule has 0 spiro atoms. The van der Waals surface area contributed by atoms with E-state index in [1.807, 2.05) is 4.90 Å². The summed E-state index contributed by atoms with van der Waals surface area (Å²) in [6, 6.07) is 0. The standard InChI is InChI=1S/C18H20FN5O4S/c1-26-18-8-17(9-18,10-18)14(25)23-16-22-12(19)13(29-16)28-11-6-20-15(21-7-11)24-2-4-27-5-3-24/h6-7H,2-5,8-10H2,1H3,(H,22,23,25). The van der Waals surface area contributed by atoms with Gasteiger partial charge in [-0.1, -0.05) is 11.3 Å². The summed E-state index contributed by atoms with van der Waals surface area (Å²) in [6.07, 6.45) is 5.08. The molecule has 2 aromatic heterocycles. The second-order valence-corrected chi connectivity index (χ2v) is 8.63. The van der Waals surface area contributed by atoms with Crippen molar-refractivity contribution in [2.75, 3.05) is 43.6 Å². The first-order valence-corrected chi connectivity index (χ1v) is 10.2. The molecule has 1 N–H and O–H groups in total. The van der Waals surface area contributed by atoms with Crippen LogP contribution in [0.4, 0.5) is 15.5 Å². The molecule has 11 heteroatoms. The molecule has 1 aliphatic heterocycles. The fourth-order valence-electron chi connectivity index (χ4n) is 4.18. The van der Waals surface area contributed by atoms with Crippen molar-refractivity contribution < 1.29 is 23.4 Å². The van der Waals surface area contributed by atoms with E-state index < -0.39 is 11.4 Å². The molecule has 0 unspecified atom stereocenters. The molecule has 3 heterocycles. The van der Waals surface area contributed by atoms with E-state index in [1.165, 1.54) is 12.4 Å². The number of thiazole rings is 1. The van der Waals surface area contributed by atoms with Crippen LogP contribution in [0, 0.1) is 11.4 Å². The van der Waals surface area contributed by atoms with Crippen molar-refractivity contribution in [3.63, 3.8) is 0 Å². The van der Waals surface area contributed by atoms with Crippen LogP contribution in [0.2, 0.25) is 0 Å². The quantitative estimate of drug-likeness (QED) is 0.758. The van der Waals surface area contributed by atoms with Crippen LogP contribution >= 0.6 is 11.3 Å². The highest BCUT2D eigenvalue weighted by molar-refractivity contribution is 7.17. The molecular formula is C18H20FN5O4S. The number of carbonyl (C=O) groups is 1. The smallest absolute Gasteiger partial charge is 0.269 e. The summed E-state index contributed by atoms with van der Waals surface area (Å²) < 4.78 is 30.4. The molecular weight excluding hydrogens is 401 g/mol. The number of rotatable bonds is 6. The molecule has 2 bridgehead atoms. The number of nitrogens with zero attached hydrogens (tertiary/aromatic N) is 4. The van der Waals surface area contributed by atoms with Crippen LogP contribution in [0.3, 0.4) is 0 Å². The zero-order valence-electron chi connectivity index (χ0n) is 15.8. The second kappa shape index (κ2) is 6.85. The van der Waals surface area contributed by atoms with Crippen LogP contribution in [0.1, 0.15) is 19.3 Å². The third-order valence-corrected chi connectivity index (χ3v) is 6.62. The van der Waals surface area contributed by atoms with Gasteiger partial charge in [-0.25, -0.2) is 9.97 Å². The fourth-order valence-corrected chi connectivity index (χ4v) is 4.89. The summed E-state index contributed by atoms with van der Waals surface area (Å²) in [6.45, 7) is 2.71. The van der Waals surface area contributed by atoms with Crippen LogP contribution in [0.25, 0.3) is 0 Å². The molecule has 4 fully saturated rings. The summed E-state index contributed by atoms with van der Waals surface area (Å²) in [5, 5.41) is 2.83. The summed E-state index contributed by atoms with van der Waals surface area (Å²) in [5.41, 5.74) is -0.532. The van der Waals surface area contributed by atoms with E-state index in [0.29, 0.717) is 44.2 Å². The number of methoxy groups -OCH3 is 1. The highest BCUT2D eigenvalue weighted by atomic mass is 32.1. The van der Waals surface area contributed by atoms with Gasteiger partial charge in [0.25, 0.3) is 5.95 Å². The molecule has 29 heavy (non-hydrogen) atoms. The molecule has 0 aromatic carbocycles. The largest absolute Gasteiger partial charge is 0.438 e. The van der Waals surface area contributed by atoms with Crippen molar-refractivity contribution in [2.45, 2.75) is 24.9 Å². The fraction of sp³-hybridized carbons (Fsp3) is 0.556. The van der Waals surface area contributed by atoms with E-state index in [2.05, 4.69) is 20.3 Å². The number of nitrogens with one attached hydrogen (secondary N) is 1. The lowest BCUT2D eigenvalue weighted by Crippen LogP contribution is -2.72. The van der Waals surface area contributed by atoms with Crippen LogP contribution in [0.5, 0.6) is 10.8 Å². The summed E-state index contributed by atoms with van der Waals surface area (Å²) in [4.78, 5) is 26.8. The highest BCUT2D eigenvalue weighted by Gasteiger charge is 2.72. The Bertz CT molecular complexity index is 911. The third kappa shape index (κ3) is 3.22. The predicted molar refractivity (Wildman–Crippen MR) is 102 cm³/mol. The zero-order valence-corrected chi connectivity index (χ0v) is 16.6. The van der Waals surface area contributed by atoms with Crippen molar-refractivity contribution in [2.24, 2.45) is 5.41 Å². The Kier molecular flexibility index (Phi) is 4.41. The Labute approximate surface area is 170 Å². The maximum absolute atomic E-state index is 14.2. The minimum atomic E-state index is -0.784. The SMILES string of the molecule is COC12CC(C(=O)Nc3nc(F)c(Oc4cnc(N5CCOCC5)nc4)s3)(C1)C2. The number of morpholine rings is 1. The van der Waals surface area contributed by atoms with Crippen LogP contribution in [0.15, 0.2) is 12.4 Å². The molecule has 6 rings (SSSR count). The molecule has 4 aliphatic rings. The number of hydrogen-bond donors (Lipinski definition) is 1. The first-order valence-electron chi connectivity index (χ1n) is 9.36. The first kappa shape index (κ1) is 18.6. The Hall–Kier alpha value is -2.37. The number of hydrogen-bond acceptors (Lipinski definition) is 9. The minimum absolute atomic E-state index is 0.0472. The van der Waals surface area contributed by atoms with E-state index >= 15 is 0 Å². The molecule has 0 atom stereocenters. The first-order chi connectivity index (χ1) is 14.0. The molecule has 9 nitrogen and oxygen atoms in total. The topological polar surface area (TPSA) is 98.7 Å². The Balaban J connectivity index is 1.21. The van der Waals surface area contributed by atoms with E-state index in [9.17, 15) is 9.18 Å². The van der Waals surface area contributed by atoms with Gasteiger partial charge >= 0.3 is 0 Å². The van der Waals surface area contributed by atoms with Crippen LogP contribution < -0.4 is 15.0 Å². The van der Waals surface area contributed by atoms with Crippen molar-refractivity contribution in [3.8, 4) is 10.8 Å². The van der Waals surface area contributed by atoms with E-state index in [0.717, 1.165) is 24.4 Å². The van der Waals surface area contributed by atoms with Gasteiger partial charge in [-0.05, 0) is 19.3 Å². The lowest BCUT2D eigenvalue weighted by molar-refractivity contribution is -0.260. The maximum Gasteiger partial charge on any atom is 0.269 e. The van der Waals surface area contributed by atoms with Crippen molar-refractivity contribution in [1.82, 2.24) is 15.0 Å². The van der Waals surface area contributed by atoms with Gasteiger partial charge in [0.1, 0.15) is 0 Å². The lowest BCUT2D eigenvalue weighted by Gasteiger charge is -2.67. The molecule has 2 aromatic rings. The molecule has 3 saturated carbocycles. The molecule has 0 radical (unpaired) electrons. The zero-order chi connectivity index (χ0) is 20.1. The number of halogens is 1. The number of amides is 1. The van der Waals surface area contributed by atoms with Crippen molar-refractivity contribution in [3.05, 3.63) is 18.3 Å². The van der Waals surface area contributed by atoms with Gasteiger partial charge in [-0.15, -0.1) is 0 Å². The third-order valence-electron chi connectivity index (χ3n) is 5.79.